The minimum atomic E-state index is -0.293. The van der Waals surface area contributed by atoms with E-state index in [0.717, 1.165) is 11.3 Å². The first-order chi connectivity index (χ1) is 9.20. The Kier molecular flexibility index (Phi) is 4.31. The van der Waals surface area contributed by atoms with Gasteiger partial charge in [0.2, 0.25) is 5.78 Å². The van der Waals surface area contributed by atoms with Gasteiger partial charge >= 0.3 is 0 Å². The summed E-state index contributed by atoms with van der Waals surface area (Å²) >= 11 is 6.01. The molecule has 1 heterocycles. The summed E-state index contributed by atoms with van der Waals surface area (Å²) in [5.74, 6) is 0.461. The number of allylic oxidation sites excluding steroid dienone is 1. The fourth-order valence-electron chi connectivity index (χ4n) is 1.53. The molecule has 1 aromatic heterocycles. The molecular formula is C15H12ClNO2. The van der Waals surface area contributed by atoms with Crippen LogP contribution in [0.4, 0.5) is 0 Å². The monoisotopic (exact) mass is 273 g/mol. The molecule has 0 amide bonds. The lowest BCUT2D eigenvalue weighted by Gasteiger charge is -2.01. The molecule has 19 heavy (non-hydrogen) atoms. The van der Waals surface area contributed by atoms with Gasteiger partial charge in [0.05, 0.1) is 12.1 Å². The largest absolute Gasteiger partial charge is 0.497 e. The summed E-state index contributed by atoms with van der Waals surface area (Å²) in [6, 6.07) is 12.4. The highest BCUT2D eigenvalue weighted by Gasteiger charge is 2.10. The molecule has 0 spiro atoms. The van der Waals surface area contributed by atoms with Gasteiger partial charge in [-0.1, -0.05) is 29.8 Å². The van der Waals surface area contributed by atoms with Crippen molar-refractivity contribution in [3.05, 3.63) is 65.0 Å². The van der Waals surface area contributed by atoms with Crippen molar-refractivity contribution in [1.82, 2.24) is 4.98 Å². The average molecular weight is 274 g/mol. The first-order valence-corrected chi connectivity index (χ1v) is 6.05. The third kappa shape index (κ3) is 3.42. The van der Waals surface area contributed by atoms with Gasteiger partial charge in [0.1, 0.15) is 11.4 Å². The highest BCUT2D eigenvalue weighted by atomic mass is 35.5. The van der Waals surface area contributed by atoms with E-state index in [1.807, 2.05) is 12.1 Å². The fourth-order valence-corrected chi connectivity index (χ4v) is 1.75. The van der Waals surface area contributed by atoms with E-state index >= 15 is 0 Å². The Hall–Kier alpha value is -2.13. The third-order valence-corrected chi connectivity index (χ3v) is 2.80. The summed E-state index contributed by atoms with van der Waals surface area (Å²) in [7, 11) is 1.60. The molecule has 0 aliphatic rings. The molecule has 0 atom stereocenters. The van der Waals surface area contributed by atoms with Crippen LogP contribution in [-0.4, -0.2) is 17.9 Å². The van der Waals surface area contributed by atoms with Crippen LogP contribution in [-0.2, 0) is 0 Å². The first kappa shape index (κ1) is 13.3. The Morgan fingerprint density at radius 2 is 1.95 bits per heavy atom. The fraction of sp³-hybridized carbons (Fsp3) is 0.0667. The van der Waals surface area contributed by atoms with Gasteiger partial charge in [-0.05, 0) is 35.9 Å². The summed E-state index contributed by atoms with van der Waals surface area (Å²) in [5.41, 5.74) is 1.16. The molecule has 0 unspecified atom stereocenters. The second kappa shape index (κ2) is 6.16. The molecule has 0 radical (unpaired) electrons. The van der Waals surface area contributed by atoms with E-state index in [-0.39, 0.29) is 10.8 Å². The quantitative estimate of drug-likeness (QED) is 0.632. The van der Waals surface area contributed by atoms with Crippen molar-refractivity contribution in [1.29, 1.82) is 0 Å². The highest BCUT2D eigenvalue weighted by Crippen LogP contribution is 2.17. The minimum Gasteiger partial charge on any atom is -0.497 e. The summed E-state index contributed by atoms with van der Waals surface area (Å²) in [5, 5.41) is 0.129. The zero-order valence-electron chi connectivity index (χ0n) is 10.3. The number of rotatable bonds is 4. The van der Waals surface area contributed by atoms with E-state index in [1.165, 1.54) is 0 Å². The van der Waals surface area contributed by atoms with Crippen LogP contribution in [0.3, 0.4) is 0 Å². The molecule has 0 saturated carbocycles. The van der Waals surface area contributed by atoms with Crippen molar-refractivity contribution in [2.45, 2.75) is 0 Å². The molecule has 0 aliphatic carbocycles. The topological polar surface area (TPSA) is 39.2 Å². The Labute approximate surface area is 116 Å². The van der Waals surface area contributed by atoms with Crippen LogP contribution < -0.4 is 4.74 Å². The van der Waals surface area contributed by atoms with Gasteiger partial charge in [-0.2, -0.15) is 0 Å². The molecule has 0 N–H and O–H groups in total. The molecule has 1 aromatic carbocycles. The van der Waals surface area contributed by atoms with Gasteiger partial charge in [0, 0.05) is 6.20 Å². The smallest absolute Gasteiger partial charge is 0.222 e. The van der Waals surface area contributed by atoms with Gasteiger partial charge in [-0.25, -0.2) is 0 Å². The van der Waals surface area contributed by atoms with Crippen LogP contribution in [0.5, 0.6) is 5.75 Å². The average Bonchev–Trinajstić information content (AvgIpc) is 2.48. The second-order valence-corrected chi connectivity index (χ2v) is 4.22. The molecule has 2 aromatic rings. The van der Waals surface area contributed by atoms with Gasteiger partial charge < -0.3 is 4.74 Å². The third-order valence-electron chi connectivity index (χ3n) is 2.52. The Bertz CT molecular complexity index is 591. The SMILES string of the molecule is COc1ccc(/C=C(\Cl)C(=O)c2ccccn2)cc1. The van der Waals surface area contributed by atoms with Crippen molar-refractivity contribution < 1.29 is 9.53 Å². The number of methoxy groups -OCH3 is 1. The van der Waals surface area contributed by atoms with E-state index in [0.29, 0.717) is 5.69 Å². The number of nitrogens with zero attached hydrogens (tertiary/aromatic N) is 1. The number of Topliss-reactive ketones (excluding diaryl/α,β-unsaturated/α-hetero) is 1. The lowest BCUT2D eigenvalue weighted by atomic mass is 10.1. The number of halogens is 1. The first-order valence-electron chi connectivity index (χ1n) is 5.67. The Morgan fingerprint density at radius 1 is 1.21 bits per heavy atom. The van der Waals surface area contributed by atoms with Gasteiger partial charge in [0.15, 0.2) is 0 Å². The van der Waals surface area contributed by atoms with Crippen LogP contribution in [0.25, 0.3) is 6.08 Å². The maximum atomic E-state index is 12.0. The number of hydrogen-bond acceptors (Lipinski definition) is 3. The van der Waals surface area contributed by atoms with Crippen molar-refractivity contribution >= 4 is 23.5 Å². The summed E-state index contributed by atoms with van der Waals surface area (Å²) in [4.78, 5) is 16.0. The van der Waals surface area contributed by atoms with Crippen LogP contribution in [0.2, 0.25) is 0 Å². The van der Waals surface area contributed by atoms with Gasteiger partial charge in [-0.15, -0.1) is 0 Å². The number of carbonyl (C=O) groups is 1. The number of ether oxygens (including phenoxy) is 1. The number of carbonyl (C=O) groups excluding carboxylic acids is 1. The maximum Gasteiger partial charge on any atom is 0.222 e. The van der Waals surface area contributed by atoms with Crippen LogP contribution in [0.15, 0.2) is 53.7 Å². The number of ketones is 1. The summed E-state index contributed by atoms with van der Waals surface area (Å²) < 4.78 is 5.06. The normalized spacial score (nSPS) is 11.2. The molecule has 0 saturated heterocycles. The maximum absolute atomic E-state index is 12.0. The molecule has 96 valence electrons. The van der Waals surface area contributed by atoms with Crippen molar-refractivity contribution in [3.63, 3.8) is 0 Å². The van der Waals surface area contributed by atoms with Gasteiger partial charge in [-0.3, -0.25) is 9.78 Å². The Morgan fingerprint density at radius 3 is 2.53 bits per heavy atom. The molecule has 0 bridgehead atoms. The predicted molar refractivity (Wildman–Crippen MR) is 75.4 cm³/mol. The number of aromatic nitrogens is 1. The second-order valence-electron chi connectivity index (χ2n) is 3.81. The molecule has 3 nitrogen and oxygen atoms in total. The van der Waals surface area contributed by atoms with E-state index in [4.69, 9.17) is 16.3 Å². The van der Waals surface area contributed by atoms with Gasteiger partial charge in [0.25, 0.3) is 0 Å². The zero-order valence-corrected chi connectivity index (χ0v) is 11.1. The number of hydrogen-bond donors (Lipinski definition) is 0. The minimum absolute atomic E-state index is 0.129. The molecule has 4 heteroatoms. The lowest BCUT2D eigenvalue weighted by molar-refractivity contribution is 0.103. The van der Waals surface area contributed by atoms with Crippen molar-refractivity contribution in [3.8, 4) is 5.75 Å². The predicted octanol–water partition coefficient (Wildman–Crippen LogP) is 3.55. The summed E-state index contributed by atoms with van der Waals surface area (Å²) in [6.45, 7) is 0. The Balaban J connectivity index is 2.20. The zero-order chi connectivity index (χ0) is 13.7. The lowest BCUT2D eigenvalue weighted by Crippen LogP contribution is -2.01. The van der Waals surface area contributed by atoms with E-state index < -0.39 is 0 Å². The molecule has 2 rings (SSSR count). The molecule has 0 aliphatic heterocycles. The van der Waals surface area contributed by atoms with E-state index in [9.17, 15) is 4.79 Å². The van der Waals surface area contributed by atoms with Crippen LogP contribution in [0.1, 0.15) is 16.1 Å². The summed E-state index contributed by atoms with van der Waals surface area (Å²) in [6.07, 6.45) is 3.17. The van der Waals surface area contributed by atoms with Crippen molar-refractivity contribution in [2.75, 3.05) is 7.11 Å². The standard InChI is InChI=1S/C15H12ClNO2/c1-19-12-7-5-11(6-8-12)10-13(16)15(18)14-4-2-3-9-17-14/h2-10H,1H3/b13-10-. The number of pyridine rings is 1. The number of benzene rings is 1. The van der Waals surface area contributed by atoms with E-state index in [1.54, 1.807) is 49.7 Å². The molecule has 0 fully saturated rings. The van der Waals surface area contributed by atoms with E-state index in [2.05, 4.69) is 4.98 Å². The highest BCUT2D eigenvalue weighted by molar-refractivity contribution is 6.46. The molecular weight excluding hydrogens is 262 g/mol. The van der Waals surface area contributed by atoms with Crippen molar-refractivity contribution in [2.24, 2.45) is 0 Å². The van der Waals surface area contributed by atoms with Crippen LogP contribution in [0, 0.1) is 0 Å². The van der Waals surface area contributed by atoms with Crippen LogP contribution >= 0.6 is 11.6 Å².